The van der Waals surface area contributed by atoms with E-state index in [1.54, 1.807) is 66.6 Å². The van der Waals surface area contributed by atoms with Crippen molar-refractivity contribution in [1.82, 2.24) is 34.6 Å². The number of benzene rings is 1. The molecule has 0 bridgehead atoms. The van der Waals surface area contributed by atoms with Crippen molar-refractivity contribution in [2.24, 2.45) is 0 Å². The van der Waals surface area contributed by atoms with Crippen molar-refractivity contribution >= 4 is 36.6 Å². The number of para-hydroxylation sites is 1. The molecular formula is C36H41F2N8O7PS. The average Bonchev–Trinajstić information content (AvgIpc) is 3.93. The molecule has 4 aromatic heterocycles. The number of pyridine rings is 1. The van der Waals surface area contributed by atoms with Gasteiger partial charge in [-0.15, -0.1) is 11.3 Å². The summed E-state index contributed by atoms with van der Waals surface area (Å²) in [5.74, 6) is -2.67. The van der Waals surface area contributed by atoms with E-state index in [9.17, 15) is 22.9 Å². The van der Waals surface area contributed by atoms with E-state index in [1.165, 1.54) is 29.1 Å². The summed E-state index contributed by atoms with van der Waals surface area (Å²) in [6.45, 7) is 7.12. The van der Waals surface area contributed by atoms with Gasteiger partial charge in [-0.3, -0.25) is 18.8 Å². The van der Waals surface area contributed by atoms with Crippen molar-refractivity contribution in [2.45, 2.75) is 84.4 Å². The summed E-state index contributed by atoms with van der Waals surface area (Å²) in [5, 5.41) is 16.2. The molecule has 1 saturated carbocycles. The molecule has 1 fully saturated rings. The van der Waals surface area contributed by atoms with E-state index >= 15 is 0 Å². The molecule has 2 atom stereocenters. The Balaban J connectivity index is 1.16. The number of nitrogens with zero attached hydrogens (tertiary/aromatic N) is 6. The first-order valence-corrected chi connectivity index (χ1v) is 20.1. The second-order valence-electron chi connectivity index (χ2n) is 13.0. The molecular weight excluding hydrogens is 757 g/mol. The quantitative estimate of drug-likeness (QED) is 0.0576. The SMILES string of the molecule is CCOC1CCC(n2cc(NC(=O)c3csc(-c4cnn(COP(=O)(N[C@H](C)C(=O)OC(C)C)Oc5ccccc5)c4)n3)c(-c3nc(F)ccc3F)n2)CC1. The Labute approximate surface area is 320 Å². The zero-order valence-electron chi connectivity index (χ0n) is 30.6. The predicted octanol–water partition coefficient (Wildman–Crippen LogP) is 7.41. The lowest BCUT2D eigenvalue weighted by atomic mass is 9.93. The van der Waals surface area contributed by atoms with Gasteiger partial charge in [-0.2, -0.15) is 19.7 Å². The van der Waals surface area contributed by atoms with Gasteiger partial charge in [0.05, 0.1) is 30.1 Å². The largest absolute Gasteiger partial charge is 0.462 e. The fourth-order valence-electron chi connectivity index (χ4n) is 5.85. The average molecular weight is 799 g/mol. The number of anilines is 1. The highest BCUT2D eigenvalue weighted by Gasteiger charge is 2.33. The van der Waals surface area contributed by atoms with Crippen molar-refractivity contribution in [3.8, 4) is 27.7 Å². The lowest BCUT2D eigenvalue weighted by molar-refractivity contribution is -0.149. The second kappa shape index (κ2) is 17.7. The Hall–Kier alpha value is -4.87. The van der Waals surface area contributed by atoms with Gasteiger partial charge in [-0.1, -0.05) is 18.2 Å². The number of esters is 1. The van der Waals surface area contributed by atoms with Crippen molar-refractivity contribution in [3.05, 3.63) is 83.9 Å². The third-order valence-corrected chi connectivity index (χ3v) is 10.9. The van der Waals surface area contributed by atoms with Gasteiger partial charge < -0.3 is 19.3 Å². The number of thiazole rings is 1. The third kappa shape index (κ3) is 10.3. The van der Waals surface area contributed by atoms with Gasteiger partial charge in [-0.25, -0.2) is 23.6 Å². The molecule has 1 aliphatic carbocycles. The van der Waals surface area contributed by atoms with Crippen molar-refractivity contribution in [1.29, 1.82) is 0 Å². The molecule has 0 radical (unpaired) electrons. The van der Waals surface area contributed by atoms with Crippen LogP contribution in [-0.4, -0.2) is 66.3 Å². The minimum atomic E-state index is -4.15. The lowest BCUT2D eigenvalue weighted by Crippen LogP contribution is -2.36. The Morgan fingerprint density at radius 2 is 1.78 bits per heavy atom. The molecule has 4 heterocycles. The number of ether oxygens (including phenoxy) is 2. The van der Waals surface area contributed by atoms with E-state index in [4.69, 9.17) is 18.5 Å². The number of rotatable bonds is 16. The summed E-state index contributed by atoms with van der Waals surface area (Å²) >= 11 is 1.17. The van der Waals surface area contributed by atoms with Gasteiger partial charge in [0.25, 0.3) is 5.91 Å². The van der Waals surface area contributed by atoms with Crippen molar-refractivity contribution in [2.75, 3.05) is 11.9 Å². The molecule has 0 spiro atoms. The Morgan fingerprint density at radius 3 is 2.51 bits per heavy atom. The van der Waals surface area contributed by atoms with Crippen LogP contribution in [0.1, 0.15) is 69.9 Å². The molecule has 1 aromatic carbocycles. The first-order chi connectivity index (χ1) is 26.4. The van der Waals surface area contributed by atoms with Crippen LogP contribution in [-0.2, 0) is 30.1 Å². The van der Waals surface area contributed by atoms with E-state index < -0.39 is 37.4 Å². The highest BCUT2D eigenvalue weighted by atomic mass is 32.1. The standard InChI is InChI=1S/C36H41F2N8O7PS/c1-5-50-26-13-11-25(12-14-26)46-19-29(33(43-46)32-28(37)15-16-31(38)42-32)40-34(47)30-20-55-35(41-30)24-17-39-45(18-24)21-51-54(49,53-27-9-7-6-8-10-27)44-23(4)36(48)52-22(2)3/h6-10,15-20,22-23,25-26H,5,11-14,21H2,1-4H3,(H,40,47)(H,44,49)/t23-,25?,26?,54?/m1/s1. The normalized spacial score (nSPS) is 17.4. The van der Waals surface area contributed by atoms with Crippen LogP contribution in [0.2, 0.25) is 0 Å². The molecule has 292 valence electrons. The number of amides is 1. The summed E-state index contributed by atoms with van der Waals surface area (Å²) in [6, 6.07) is 9.15. The minimum Gasteiger partial charge on any atom is -0.462 e. The number of carbonyl (C=O) groups excluding carboxylic acids is 2. The number of hydrogen-bond acceptors (Lipinski definition) is 12. The van der Waals surface area contributed by atoms with Crippen LogP contribution in [0.3, 0.4) is 0 Å². The molecule has 1 amide bonds. The van der Waals surface area contributed by atoms with Gasteiger partial charge in [0.2, 0.25) is 5.95 Å². The zero-order valence-corrected chi connectivity index (χ0v) is 32.3. The number of halogens is 2. The Bertz CT molecular complexity index is 2140. The van der Waals surface area contributed by atoms with Gasteiger partial charge in [0.15, 0.2) is 12.5 Å². The van der Waals surface area contributed by atoms with Crippen molar-refractivity contribution < 1.29 is 41.5 Å². The topological polar surface area (TPSA) is 174 Å². The predicted molar refractivity (Wildman–Crippen MR) is 199 cm³/mol. The zero-order chi connectivity index (χ0) is 39.1. The molecule has 19 heteroatoms. The molecule has 2 N–H and O–H groups in total. The molecule has 1 aliphatic rings. The van der Waals surface area contributed by atoms with E-state index in [-0.39, 0.29) is 53.5 Å². The monoisotopic (exact) mass is 798 g/mol. The summed E-state index contributed by atoms with van der Waals surface area (Å²) in [7, 11) is -4.15. The van der Waals surface area contributed by atoms with Gasteiger partial charge in [0, 0.05) is 29.9 Å². The van der Waals surface area contributed by atoms with E-state index in [1.807, 2.05) is 6.92 Å². The van der Waals surface area contributed by atoms with E-state index in [0.29, 0.717) is 17.2 Å². The van der Waals surface area contributed by atoms with Crippen LogP contribution in [0.4, 0.5) is 14.5 Å². The fraction of sp³-hybridized carbons (Fsp3) is 0.389. The summed E-state index contributed by atoms with van der Waals surface area (Å²) < 4.78 is 68.3. The van der Waals surface area contributed by atoms with Crippen LogP contribution in [0.25, 0.3) is 22.0 Å². The van der Waals surface area contributed by atoms with Crippen LogP contribution < -0.4 is 14.9 Å². The Morgan fingerprint density at radius 1 is 1.02 bits per heavy atom. The third-order valence-electron chi connectivity index (χ3n) is 8.44. The number of carbonyl (C=O) groups is 2. The van der Waals surface area contributed by atoms with Crippen LogP contribution in [0.5, 0.6) is 5.75 Å². The minimum absolute atomic E-state index is 0.0109. The first kappa shape index (κ1) is 39.8. The number of hydrogen-bond donors (Lipinski definition) is 2. The highest BCUT2D eigenvalue weighted by molar-refractivity contribution is 7.52. The van der Waals surface area contributed by atoms with Crippen LogP contribution >= 0.6 is 19.1 Å². The fourth-order valence-corrected chi connectivity index (χ4v) is 8.06. The summed E-state index contributed by atoms with van der Waals surface area (Å²) in [4.78, 5) is 34.2. The maximum Gasteiger partial charge on any atom is 0.461 e. The molecule has 0 aliphatic heterocycles. The maximum atomic E-state index is 14.9. The van der Waals surface area contributed by atoms with Gasteiger partial charge in [0.1, 0.15) is 33.9 Å². The molecule has 6 rings (SSSR count). The van der Waals surface area contributed by atoms with Crippen molar-refractivity contribution in [3.63, 3.8) is 0 Å². The molecule has 0 saturated heterocycles. The number of aromatic nitrogens is 6. The smallest absolute Gasteiger partial charge is 0.461 e. The second-order valence-corrected chi connectivity index (χ2v) is 15.5. The Kier molecular flexibility index (Phi) is 12.8. The molecule has 5 aromatic rings. The maximum absolute atomic E-state index is 14.9. The first-order valence-electron chi connectivity index (χ1n) is 17.7. The molecule has 55 heavy (non-hydrogen) atoms. The van der Waals surface area contributed by atoms with Gasteiger partial charge in [-0.05, 0) is 77.6 Å². The number of nitrogens with one attached hydrogen (secondary N) is 2. The summed E-state index contributed by atoms with van der Waals surface area (Å²) in [5.41, 5.74) is 0.388. The molecule has 1 unspecified atom stereocenters. The highest BCUT2D eigenvalue weighted by Crippen LogP contribution is 2.45. The van der Waals surface area contributed by atoms with E-state index in [2.05, 4.69) is 30.6 Å². The van der Waals surface area contributed by atoms with Crippen LogP contribution in [0, 0.1) is 11.8 Å². The van der Waals surface area contributed by atoms with Gasteiger partial charge >= 0.3 is 13.7 Å². The molecule has 15 nitrogen and oxygen atoms in total. The van der Waals surface area contributed by atoms with E-state index in [0.717, 1.165) is 37.8 Å². The van der Waals surface area contributed by atoms with Crippen LogP contribution in [0.15, 0.2) is 66.4 Å². The lowest BCUT2D eigenvalue weighted by Gasteiger charge is -2.28. The summed E-state index contributed by atoms with van der Waals surface area (Å²) in [6.07, 6.45) is 7.58.